The molecule has 0 fully saturated rings. The van der Waals surface area contributed by atoms with Crippen LogP contribution < -0.4 is 4.72 Å². The third-order valence-electron chi connectivity index (χ3n) is 5.02. The molecule has 0 amide bonds. The molecule has 2 unspecified atom stereocenters. The molecule has 0 spiro atoms. The van der Waals surface area contributed by atoms with Gasteiger partial charge in [-0.2, -0.15) is 5.10 Å². The van der Waals surface area contributed by atoms with Crippen LogP contribution in [0.5, 0.6) is 0 Å². The summed E-state index contributed by atoms with van der Waals surface area (Å²) in [6, 6.07) is 19.9. The van der Waals surface area contributed by atoms with Gasteiger partial charge in [-0.3, -0.25) is 4.98 Å². The van der Waals surface area contributed by atoms with Crippen molar-refractivity contribution in [1.29, 1.82) is 0 Å². The number of hydrogen-bond donors (Lipinski definition) is 1. The number of para-hydroxylation sites is 1. The van der Waals surface area contributed by atoms with Crippen LogP contribution in [0.3, 0.4) is 0 Å². The summed E-state index contributed by atoms with van der Waals surface area (Å²) in [5, 5.41) is 5.71. The molecule has 31 heavy (non-hydrogen) atoms. The molecule has 2 aromatic heterocycles. The minimum absolute atomic E-state index is 0.194. The number of halogens is 1. The Hall–Kier alpha value is -2.19. The highest BCUT2D eigenvalue weighted by molar-refractivity contribution is 9.10. The molecule has 0 saturated carbocycles. The van der Waals surface area contributed by atoms with E-state index in [0.29, 0.717) is 6.42 Å². The average molecular weight is 497 g/mol. The molecular formula is C24H25BrN4OS. The molecule has 160 valence electrons. The Kier molecular flexibility index (Phi) is 6.48. The maximum Gasteiger partial charge on any atom is 0.136 e. The van der Waals surface area contributed by atoms with E-state index in [2.05, 4.69) is 55.0 Å². The quantitative estimate of drug-likeness (QED) is 0.357. The first kappa shape index (κ1) is 22.0. The van der Waals surface area contributed by atoms with E-state index in [4.69, 9.17) is 0 Å². The van der Waals surface area contributed by atoms with Crippen molar-refractivity contribution >= 4 is 38.2 Å². The fourth-order valence-corrected chi connectivity index (χ4v) is 4.62. The van der Waals surface area contributed by atoms with Gasteiger partial charge in [0.2, 0.25) is 0 Å². The highest BCUT2D eigenvalue weighted by Gasteiger charge is 2.31. The summed E-state index contributed by atoms with van der Waals surface area (Å²) < 4.78 is 19.0. The minimum atomic E-state index is -1.24. The first-order valence-corrected chi connectivity index (χ1v) is 12.1. The number of hydrogen-bond acceptors (Lipinski definition) is 4. The Bertz CT molecular complexity index is 1170. The fourth-order valence-electron chi connectivity index (χ4n) is 3.42. The highest BCUT2D eigenvalue weighted by Crippen LogP contribution is 2.30. The van der Waals surface area contributed by atoms with E-state index in [9.17, 15) is 4.55 Å². The first-order chi connectivity index (χ1) is 14.8. The van der Waals surface area contributed by atoms with Gasteiger partial charge in [-0.25, -0.2) is 4.68 Å². The Morgan fingerprint density at radius 3 is 2.61 bits per heavy atom. The van der Waals surface area contributed by atoms with Gasteiger partial charge < -0.3 is 4.55 Å². The molecule has 0 saturated heterocycles. The number of aromatic nitrogens is 3. The Morgan fingerprint density at radius 1 is 1.10 bits per heavy atom. The molecule has 2 heterocycles. The maximum absolute atomic E-state index is 13.0. The normalized spacial score (nSPS) is 14.0. The first-order valence-electron chi connectivity index (χ1n) is 10.1. The summed E-state index contributed by atoms with van der Waals surface area (Å²) >= 11 is 2.29. The van der Waals surface area contributed by atoms with Gasteiger partial charge in [0.25, 0.3) is 0 Å². The van der Waals surface area contributed by atoms with E-state index in [-0.39, 0.29) is 10.8 Å². The van der Waals surface area contributed by atoms with Crippen molar-refractivity contribution in [3.05, 3.63) is 88.8 Å². The van der Waals surface area contributed by atoms with Crippen LogP contribution in [0.2, 0.25) is 0 Å². The van der Waals surface area contributed by atoms with Gasteiger partial charge in [0.05, 0.1) is 23.4 Å². The molecule has 0 bridgehead atoms. The largest absolute Gasteiger partial charge is 0.598 e. The molecule has 4 aromatic rings. The SMILES string of the molecule is CC(C)(C)[S+]([O-])NC(Cc1ccccn1)c1ccccc1-n1ncc2cc(Br)ccc21. The lowest BCUT2D eigenvalue weighted by Crippen LogP contribution is -2.42. The van der Waals surface area contributed by atoms with Crippen LogP contribution in [-0.4, -0.2) is 24.1 Å². The Balaban J connectivity index is 1.79. The molecular weight excluding hydrogens is 472 g/mol. The van der Waals surface area contributed by atoms with Gasteiger partial charge >= 0.3 is 0 Å². The predicted molar refractivity (Wildman–Crippen MR) is 130 cm³/mol. The van der Waals surface area contributed by atoms with E-state index in [1.54, 1.807) is 6.20 Å². The van der Waals surface area contributed by atoms with Crippen LogP contribution in [0.25, 0.3) is 16.6 Å². The molecule has 0 aliphatic carbocycles. The van der Waals surface area contributed by atoms with Crippen molar-refractivity contribution in [3.63, 3.8) is 0 Å². The second kappa shape index (κ2) is 9.12. The number of nitrogens with zero attached hydrogens (tertiary/aromatic N) is 3. The van der Waals surface area contributed by atoms with Gasteiger partial charge in [0.15, 0.2) is 0 Å². The molecule has 0 aliphatic rings. The third kappa shape index (κ3) is 5.01. The topological polar surface area (TPSA) is 65.8 Å². The van der Waals surface area contributed by atoms with Crippen LogP contribution in [0.4, 0.5) is 0 Å². The summed E-state index contributed by atoms with van der Waals surface area (Å²) in [5.74, 6) is 0. The van der Waals surface area contributed by atoms with Crippen LogP contribution >= 0.6 is 15.9 Å². The number of fused-ring (bicyclic) bond motifs is 1. The molecule has 5 nitrogen and oxygen atoms in total. The second-order valence-corrected chi connectivity index (χ2v) is 11.3. The van der Waals surface area contributed by atoms with Crippen molar-refractivity contribution in [2.24, 2.45) is 0 Å². The van der Waals surface area contributed by atoms with Gasteiger partial charge in [-0.15, -0.1) is 4.72 Å². The van der Waals surface area contributed by atoms with Gasteiger partial charge in [0.1, 0.15) is 4.75 Å². The van der Waals surface area contributed by atoms with E-state index in [1.807, 2.05) is 68.0 Å². The molecule has 0 radical (unpaired) electrons. The Morgan fingerprint density at radius 2 is 1.87 bits per heavy atom. The van der Waals surface area contributed by atoms with Crippen LogP contribution in [-0.2, 0) is 17.8 Å². The minimum Gasteiger partial charge on any atom is -0.598 e. The number of rotatable bonds is 6. The van der Waals surface area contributed by atoms with Crippen molar-refractivity contribution in [3.8, 4) is 5.69 Å². The molecule has 0 aliphatic heterocycles. The van der Waals surface area contributed by atoms with E-state index in [1.165, 1.54) is 0 Å². The zero-order chi connectivity index (χ0) is 22.0. The number of pyridine rings is 1. The van der Waals surface area contributed by atoms with Gasteiger partial charge in [-0.05, 0) is 62.7 Å². The van der Waals surface area contributed by atoms with Crippen LogP contribution in [0.15, 0.2) is 77.5 Å². The lowest BCUT2D eigenvalue weighted by Gasteiger charge is -2.29. The summed E-state index contributed by atoms with van der Waals surface area (Å²) in [6.07, 6.45) is 4.27. The number of benzene rings is 2. The molecule has 4 rings (SSSR count). The summed E-state index contributed by atoms with van der Waals surface area (Å²) in [4.78, 5) is 4.50. The summed E-state index contributed by atoms with van der Waals surface area (Å²) in [5.41, 5.74) is 3.94. The van der Waals surface area contributed by atoms with Gasteiger partial charge in [-0.1, -0.05) is 40.2 Å². The second-order valence-electron chi connectivity index (χ2n) is 8.40. The maximum atomic E-state index is 13.0. The standard InChI is InChI=1S/C24H25BrN4OS/c1-24(2,3)31(30)28-21(15-19-8-6-7-13-26-19)20-9-4-5-10-23(20)29-22-12-11-18(25)14-17(22)16-27-29/h4-14,16,21,28H,15H2,1-3H3. The zero-order valence-electron chi connectivity index (χ0n) is 17.7. The molecule has 2 atom stereocenters. The van der Waals surface area contributed by atoms with E-state index < -0.39 is 11.4 Å². The lowest BCUT2D eigenvalue weighted by molar-refractivity contribution is 0.520. The molecule has 1 N–H and O–H groups in total. The fraction of sp³-hybridized carbons (Fsp3) is 0.250. The van der Waals surface area contributed by atoms with Crippen LogP contribution in [0.1, 0.15) is 38.1 Å². The zero-order valence-corrected chi connectivity index (χ0v) is 20.2. The van der Waals surface area contributed by atoms with Gasteiger partial charge in [0, 0.05) is 39.5 Å². The average Bonchev–Trinajstić information content (AvgIpc) is 3.16. The van der Waals surface area contributed by atoms with E-state index >= 15 is 0 Å². The molecule has 7 heteroatoms. The van der Waals surface area contributed by atoms with Crippen molar-refractivity contribution < 1.29 is 4.55 Å². The smallest absolute Gasteiger partial charge is 0.136 e. The number of nitrogens with one attached hydrogen (secondary N) is 1. The lowest BCUT2D eigenvalue weighted by atomic mass is 10.0. The summed E-state index contributed by atoms with van der Waals surface area (Å²) in [7, 11) is 0. The Labute approximate surface area is 194 Å². The predicted octanol–water partition coefficient (Wildman–Crippen LogP) is 5.52. The summed E-state index contributed by atoms with van der Waals surface area (Å²) in [6.45, 7) is 5.91. The van der Waals surface area contributed by atoms with Crippen LogP contribution in [0, 0.1) is 0 Å². The monoisotopic (exact) mass is 496 g/mol. The third-order valence-corrected chi connectivity index (χ3v) is 7.12. The van der Waals surface area contributed by atoms with Crippen molar-refractivity contribution in [2.45, 2.75) is 38.0 Å². The van der Waals surface area contributed by atoms with Crippen molar-refractivity contribution in [2.75, 3.05) is 0 Å². The van der Waals surface area contributed by atoms with E-state index in [0.717, 1.165) is 32.3 Å². The molecule has 2 aromatic carbocycles. The highest BCUT2D eigenvalue weighted by atomic mass is 79.9. The van der Waals surface area contributed by atoms with Crippen molar-refractivity contribution in [1.82, 2.24) is 19.5 Å².